The maximum Gasteiger partial charge on any atom is 1.00 e. The molecule has 0 amide bonds. The van der Waals surface area contributed by atoms with Crippen molar-refractivity contribution in [2.75, 3.05) is 0 Å². The minimum atomic E-state index is -1.63. The number of carbonyl (C=O) groups excluding carboxylic acids is 1. The first-order chi connectivity index (χ1) is 6.93. The van der Waals surface area contributed by atoms with Gasteiger partial charge in [0.05, 0.1) is 15.8 Å². The van der Waals surface area contributed by atoms with Gasteiger partial charge in [0, 0.05) is 17.7 Å². The number of aromatic carboxylic acids is 1. The molecule has 0 N–H and O–H groups in total. The molecule has 1 aromatic rings. The third kappa shape index (κ3) is 2.79. The van der Waals surface area contributed by atoms with E-state index in [9.17, 15) is 30.1 Å². The first-order valence-corrected chi connectivity index (χ1v) is 3.57. The second-order valence-corrected chi connectivity index (χ2v) is 2.51. The number of hydrogen-bond donors (Lipinski definition) is 0. The molecule has 0 atom stereocenters. The predicted molar refractivity (Wildman–Crippen MR) is 44.1 cm³/mol. The van der Waals surface area contributed by atoms with Crippen LogP contribution in [-0.2, 0) is 0 Å². The number of carboxylic acids is 1. The number of nitro groups is 2. The van der Waals surface area contributed by atoms with Gasteiger partial charge in [-0.25, -0.2) is 0 Å². The Balaban J connectivity index is 0.00000225. The molecule has 0 radical (unpaired) electrons. The summed E-state index contributed by atoms with van der Waals surface area (Å²) in [4.78, 5) is 29.1. The Morgan fingerprint density at radius 1 is 1.06 bits per heavy atom. The van der Waals surface area contributed by atoms with Crippen molar-refractivity contribution >= 4 is 17.3 Å². The second-order valence-electron chi connectivity index (χ2n) is 2.51. The van der Waals surface area contributed by atoms with Gasteiger partial charge < -0.3 is 9.90 Å². The number of nitrogens with zero attached hydrogens (tertiary/aromatic N) is 2. The van der Waals surface area contributed by atoms with E-state index in [-0.39, 0.29) is 18.9 Å². The van der Waals surface area contributed by atoms with Gasteiger partial charge in [0.25, 0.3) is 0 Å². The van der Waals surface area contributed by atoms with Gasteiger partial charge in [0.15, 0.2) is 0 Å². The van der Waals surface area contributed by atoms with Crippen LogP contribution < -0.4 is 24.0 Å². The van der Waals surface area contributed by atoms with Crippen LogP contribution >= 0.6 is 0 Å². The molecule has 0 saturated carbocycles. The number of nitro benzene ring substituents is 2. The van der Waals surface area contributed by atoms with Crippen LogP contribution in [0.25, 0.3) is 0 Å². The minimum absolute atomic E-state index is 0. The van der Waals surface area contributed by atoms with Gasteiger partial charge in [-0.3, -0.25) is 20.2 Å². The molecule has 1 rings (SSSR count). The fourth-order valence-electron chi connectivity index (χ4n) is 0.951. The van der Waals surface area contributed by atoms with Crippen LogP contribution in [0, 0.1) is 20.2 Å². The van der Waals surface area contributed by atoms with Crippen molar-refractivity contribution in [3.8, 4) is 0 Å². The zero-order chi connectivity index (χ0) is 11.6. The third-order valence-electron chi connectivity index (χ3n) is 1.60. The maximum absolute atomic E-state index is 10.4. The molecule has 9 heteroatoms. The molecule has 0 heterocycles. The van der Waals surface area contributed by atoms with Crippen molar-refractivity contribution in [1.82, 2.24) is 0 Å². The maximum atomic E-state index is 10.4. The summed E-state index contributed by atoms with van der Waals surface area (Å²) in [5, 5.41) is 31.1. The van der Waals surface area contributed by atoms with Crippen LogP contribution in [0.4, 0.5) is 11.4 Å². The Kier molecular flexibility index (Phi) is 4.62. The summed E-state index contributed by atoms with van der Waals surface area (Å²) in [5.74, 6) is -1.63. The monoisotopic (exact) mass is 218 g/mol. The molecule has 0 unspecified atom stereocenters. The van der Waals surface area contributed by atoms with Crippen molar-refractivity contribution in [2.24, 2.45) is 0 Å². The van der Waals surface area contributed by atoms with Crippen molar-refractivity contribution < 1.29 is 38.6 Å². The molecule has 0 aliphatic rings. The number of benzene rings is 1. The summed E-state index contributed by atoms with van der Waals surface area (Å²) in [6.07, 6.45) is 0. The first-order valence-electron chi connectivity index (χ1n) is 3.57. The Morgan fingerprint density at radius 3 is 1.94 bits per heavy atom. The second kappa shape index (κ2) is 5.25. The average Bonchev–Trinajstić information content (AvgIpc) is 2.16. The Morgan fingerprint density at radius 2 is 1.56 bits per heavy atom. The molecule has 0 fully saturated rings. The Bertz CT molecular complexity index is 460. The summed E-state index contributed by atoms with van der Waals surface area (Å²) in [6, 6.07) is 2.22. The van der Waals surface area contributed by atoms with Crippen LogP contribution in [0.3, 0.4) is 0 Å². The van der Waals surface area contributed by atoms with Gasteiger partial charge in [-0.15, -0.1) is 0 Å². The molecule has 0 bridgehead atoms. The molecule has 0 saturated heterocycles. The molecule has 0 aliphatic heterocycles. The smallest absolute Gasteiger partial charge is 0.545 e. The zero-order valence-corrected chi connectivity index (χ0v) is 8.08. The molecule has 1 aromatic carbocycles. The SMILES string of the molecule is O=C([O-])c1ccc([N+](=O)[O-])c([N+](=O)[O-])c1.[Li+]. The molecule has 0 aliphatic carbocycles. The van der Waals surface area contributed by atoms with E-state index in [0.29, 0.717) is 6.07 Å². The summed E-state index contributed by atoms with van der Waals surface area (Å²) in [7, 11) is 0. The molecular formula is C7H3LiN2O6. The number of rotatable bonds is 3. The van der Waals surface area contributed by atoms with Crippen LogP contribution in [0.2, 0.25) is 0 Å². The van der Waals surface area contributed by atoms with Crippen LogP contribution in [0.15, 0.2) is 18.2 Å². The fraction of sp³-hybridized carbons (Fsp3) is 0. The Hall–Kier alpha value is -1.91. The van der Waals surface area contributed by atoms with Gasteiger partial charge >= 0.3 is 30.2 Å². The quantitative estimate of drug-likeness (QED) is 0.300. The molecule has 0 spiro atoms. The first kappa shape index (κ1) is 14.1. The summed E-state index contributed by atoms with van der Waals surface area (Å²) in [6.45, 7) is 0. The summed E-state index contributed by atoms with van der Waals surface area (Å²) in [5.41, 5.74) is -2.11. The number of carboxylic acid groups (broad SMARTS) is 1. The van der Waals surface area contributed by atoms with E-state index in [1.54, 1.807) is 0 Å². The van der Waals surface area contributed by atoms with E-state index in [0.717, 1.165) is 12.1 Å². The van der Waals surface area contributed by atoms with Gasteiger partial charge in [0.1, 0.15) is 0 Å². The minimum Gasteiger partial charge on any atom is -0.545 e. The molecule has 8 nitrogen and oxygen atoms in total. The Labute approximate surface area is 100 Å². The van der Waals surface area contributed by atoms with Gasteiger partial charge in [-0.2, -0.15) is 0 Å². The largest absolute Gasteiger partial charge is 1.00 e. The average molecular weight is 218 g/mol. The third-order valence-corrected chi connectivity index (χ3v) is 1.60. The van der Waals surface area contributed by atoms with E-state index in [2.05, 4.69) is 0 Å². The standard InChI is InChI=1S/C7H4N2O6.Li/c10-7(11)4-1-2-5(8(12)13)6(3-4)9(14)15;/h1-3H,(H,10,11);/q;+1/p-1. The van der Waals surface area contributed by atoms with Gasteiger partial charge in [0.2, 0.25) is 0 Å². The van der Waals surface area contributed by atoms with E-state index in [1.165, 1.54) is 0 Å². The van der Waals surface area contributed by atoms with Crippen molar-refractivity contribution in [3.63, 3.8) is 0 Å². The zero-order valence-electron chi connectivity index (χ0n) is 8.08. The number of carbonyl (C=O) groups is 1. The van der Waals surface area contributed by atoms with Crippen molar-refractivity contribution in [3.05, 3.63) is 44.0 Å². The van der Waals surface area contributed by atoms with Crippen molar-refractivity contribution in [2.45, 2.75) is 0 Å². The van der Waals surface area contributed by atoms with Crippen LogP contribution in [-0.4, -0.2) is 15.8 Å². The molecule has 0 aromatic heterocycles. The van der Waals surface area contributed by atoms with E-state index >= 15 is 0 Å². The van der Waals surface area contributed by atoms with E-state index < -0.39 is 32.8 Å². The van der Waals surface area contributed by atoms with E-state index in [4.69, 9.17) is 0 Å². The number of hydrogen-bond acceptors (Lipinski definition) is 6. The van der Waals surface area contributed by atoms with Crippen LogP contribution in [0.1, 0.15) is 10.4 Å². The van der Waals surface area contributed by atoms with Gasteiger partial charge in [-0.1, -0.05) is 0 Å². The van der Waals surface area contributed by atoms with Crippen LogP contribution in [0.5, 0.6) is 0 Å². The summed E-state index contributed by atoms with van der Waals surface area (Å²) >= 11 is 0. The topological polar surface area (TPSA) is 126 Å². The normalized spacial score (nSPS) is 9.00. The molecule has 78 valence electrons. The molecule has 16 heavy (non-hydrogen) atoms. The van der Waals surface area contributed by atoms with E-state index in [1.807, 2.05) is 0 Å². The summed E-state index contributed by atoms with van der Waals surface area (Å²) < 4.78 is 0. The van der Waals surface area contributed by atoms with Gasteiger partial charge in [-0.05, 0) is 6.07 Å². The fourth-order valence-corrected chi connectivity index (χ4v) is 0.951. The molecular weight excluding hydrogens is 215 g/mol. The van der Waals surface area contributed by atoms with Crippen molar-refractivity contribution in [1.29, 1.82) is 0 Å². The predicted octanol–water partition coefficient (Wildman–Crippen LogP) is -3.13.